The van der Waals surface area contributed by atoms with Gasteiger partial charge in [0, 0.05) is 35.2 Å². The van der Waals surface area contributed by atoms with E-state index in [0.717, 1.165) is 22.9 Å². The van der Waals surface area contributed by atoms with Gasteiger partial charge in [0.05, 0.1) is 18.7 Å². The largest absolute Gasteiger partial charge is 0.492 e. The third-order valence-corrected chi connectivity index (χ3v) is 6.10. The summed E-state index contributed by atoms with van der Waals surface area (Å²) in [5, 5.41) is 3.87. The molecule has 3 heterocycles. The van der Waals surface area contributed by atoms with Crippen LogP contribution in [0.3, 0.4) is 0 Å². The number of hydrogen-bond donors (Lipinski definition) is 2. The molecule has 5 rings (SSSR count). The van der Waals surface area contributed by atoms with Crippen molar-refractivity contribution in [2.45, 2.75) is 45.2 Å². The number of aromatic nitrogens is 3. The summed E-state index contributed by atoms with van der Waals surface area (Å²) in [4.78, 5) is 24.6. The van der Waals surface area contributed by atoms with Crippen molar-refractivity contribution in [3.8, 4) is 16.9 Å². The number of carbonyl (C=O) groups is 1. The Morgan fingerprint density at radius 2 is 2.10 bits per heavy atom. The van der Waals surface area contributed by atoms with Gasteiger partial charge in [-0.25, -0.2) is 9.37 Å². The molecule has 6 nitrogen and oxygen atoms in total. The lowest BCUT2D eigenvalue weighted by Gasteiger charge is -2.33. The molecule has 0 bridgehead atoms. The van der Waals surface area contributed by atoms with Crippen molar-refractivity contribution in [3.05, 3.63) is 36.2 Å². The van der Waals surface area contributed by atoms with Crippen LogP contribution >= 0.6 is 0 Å². The van der Waals surface area contributed by atoms with Crippen LogP contribution in [-0.4, -0.2) is 39.6 Å². The third kappa shape index (κ3) is 3.42. The molecule has 0 unspecified atom stereocenters. The summed E-state index contributed by atoms with van der Waals surface area (Å²) in [6.07, 6.45) is 6.20. The number of Topliss-reactive ketones (excluding diaryl/α,β-unsaturated/α-hetero) is 1. The zero-order valence-corrected chi connectivity index (χ0v) is 17.2. The van der Waals surface area contributed by atoms with Crippen LogP contribution < -0.4 is 10.1 Å². The van der Waals surface area contributed by atoms with Gasteiger partial charge in [0.2, 0.25) is 5.95 Å². The molecule has 2 aliphatic rings. The average Bonchev–Trinajstić information content (AvgIpc) is 3.07. The normalized spacial score (nSPS) is 19.5. The van der Waals surface area contributed by atoms with Crippen LogP contribution in [0.5, 0.6) is 5.75 Å². The van der Waals surface area contributed by atoms with Gasteiger partial charge >= 0.3 is 0 Å². The van der Waals surface area contributed by atoms with E-state index < -0.39 is 5.67 Å². The summed E-state index contributed by atoms with van der Waals surface area (Å²) >= 11 is 0. The number of benzene rings is 1. The van der Waals surface area contributed by atoms with Crippen molar-refractivity contribution < 1.29 is 13.9 Å². The quantitative estimate of drug-likeness (QED) is 0.640. The van der Waals surface area contributed by atoms with Crippen LogP contribution in [0.15, 0.2) is 30.6 Å². The number of ketones is 1. The van der Waals surface area contributed by atoms with E-state index in [2.05, 4.69) is 20.3 Å². The maximum atomic E-state index is 14.2. The minimum absolute atomic E-state index is 0.106. The lowest BCUT2D eigenvalue weighted by atomic mass is 9.82. The molecule has 156 valence electrons. The number of alkyl halides is 1. The molecule has 0 spiro atoms. The molecule has 0 amide bonds. The summed E-state index contributed by atoms with van der Waals surface area (Å²) in [7, 11) is 0. The van der Waals surface area contributed by atoms with E-state index >= 15 is 0 Å². The Balaban J connectivity index is 1.43. The fourth-order valence-electron chi connectivity index (χ4n) is 4.10. The number of anilines is 1. The molecule has 1 saturated carbocycles. The molecule has 3 aromatic rings. The second-order valence-corrected chi connectivity index (χ2v) is 9.28. The van der Waals surface area contributed by atoms with Crippen molar-refractivity contribution in [2.75, 3.05) is 18.5 Å². The number of aromatic amines is 1. The Morgan fingerprint density at radius 1 is 1.27 bits per heavy atom. The van der Waals surface area contributed by atoms with Gasteiger partial charge in [0.25, 0.3) is 0 Å². The number of ether oxygens (including phenoxy) is 1. The topological polar surface area (TPSA) is 79.9 Å². The fourth-order valence-corrected chi connectivity index (χ4v) is 4.10. The SMILES string of the molecule is CC1(C)COc2cc(-c3c[nH]c4nc(NCC5(F)CCC5)ncc34)ccc2C(=O)C1. The zero-order chi connectivity index (χ0) is 20.9. The van der Waals surface area contributed by atoms with E-state index in [1.54, 1.807) is 6.20 Å². The highest BCUT2D eigenvalue weighted by molar-refractivity contribution is 6.01. The lowest BCUT2D eigenvalue weighted by molar-refractivity contribution is 0.0782. The summed E-state index contributed by atoms with van der Waals surface area (Å²) in [5.74, 6) is 1.14. The number of carbonyl (C=O) groups excluding carboxylic acids is 1. The number of fused-ring (bicyclic) bond motifs is 2. The van der Waals surface area contributed by atoms with Gasteiger partial charge in [0.15, 0.2) is 5.78 Å². The van der Waals surface area contributed by atoms with Gasteiger partial charge in [-0.3, -0.25) is 4.79 Å². The van der Waals surface area contributed by atoms with E-state index in [4.69, 9.17) is 4.74 Å². The molecule has 2 aromatic heterocycles. The molecular formula is C23H25FN4O2. The van der Waals surface area contributed by atoms with Gasteiger partial charge in [-0.15, -0.1) is 0 Å². The first-order valence-corrected chi connectivity index (χ1v) is 10.4. The van der Waals surface area contributed by atoms with E-state index in [-0.39, 0.29) is 17.7 Å². The van der Waals surface area contributed by atoms with E-state index in [1.165, 1.54) is 0 Å². The second kappa shape index (κ2) is 6.79. The van der Waals surface area contributed by atoms with Crippen LogP contribution in [-0.2, 0) is 0 Å². The molecule has 1 aliphatic carbocycles. The first kappa shape index (κ1) is 19.0. The van der Waals surface area contributed by atoms with Crippen LogP contribution in [0.4, 0.5) is 10.3 Å². The van der Waals surface area contributed by atoms with Crippen molar-refractivity contribution >= 4 is 22.8 Å². The maximum absolute atomic E-state index is 14.2. The number of hydrogen-bond acceptors (Lipinski definition) is 5. The van der Waals surface area contributed by atoms with E-state index in [0.29, 0.717) is 48.8 Å². The Labute approximate surface area is 174 Å². The minimum atomic E-state index is -1.13. The Kier molecular flexibility index (Phi) is 4.31. The van der Waals surface area contributed by atoms with Crippen molar-refractivity contribution in [1.29, 1.82) is 0 Å². The van der Waals surface area contributed by atoms with E-state index in [9.17, 15) is 9.18 Å². The van der Waals surface area contributed by atoms with Crippen molar-refractivity contribution in [1.82, 2.24) is 15.0 Å². The van der Waals surface area contributed by atoms with Gasteiger partial charge in [-0.05, 0) is 37.0 Å². The predicted molar refractivity (Wildman–Crippen MR) is 114 cm³/mol. The third-order valence-electron chi connectivity index (χ3n) is 6.10. The summed E-state index contributed by atoms with van der Waals surface area (Å²) in [6, 6.07) is 5.67. The van der Waals surface area contributed by atoms with Crippen LogP contribution in [0.25, 0.3) is 22.2 Å². The predicted octanol–water partition coefficient (Wildman–Crippen LogP) is 4.92. The molecule has 0 radical (unpaired) electrons. The molecule has 1 fully saturated rings. The number of rotatable bonds is 4. The average molecular weight is 408 g/mol. The Bertz CT molecular complexity index is 1130. The van der Waals surface area contributed by atoms with Gasteiger partial charge in [0.1, 0.15) is 17.1 Å². The molecular weight excluding hydrogens is 383 g/mol. The van der Waals surface area contributed by atoms with Gasteiger partial charge in [-0.2, -0.15) is 4.98 Å². The van der Waals surface area contributed by atoms with Crippen LogP contribution in [0.1, 0.15) is 49.9 Å². The molecule has 2 N–H and O–H groups in total. The molecule has 0 atom stereocenters. The molecule has 7 heteroatoms. The van der Waals surface area contributed by atoms with Crippen molar-refractivity contribution in [3.63, 3.8) is 0 Å². The molecule has 1 aromatic carbocycles. The van der Waals surface area contributed by atoms with Gasteiger partial charge in [-0.1, -0.05) is 19.9 Å². The molecule has 1 aliphatic heterocycles. The summed E-state index contributed by atoms with van der Waals surface area (Å²) in [5.41, 5.74) is 1.84. The first-order chi connectivity index (χ1) is 14.3. The number of nitrogens with one attached hydrogen (secondary N) is 2. The van der Waals surface area contributed by atoms with E-state index in [1.807, 2.05) is 38.2 Å². The van der Waals surface area contributed by atoms with Crippen LogP contribution in [0.2, 0.25) is 0 Å². The molecule has 0 saturated heterocycles. The number of halogens is 1. The highest BCUT2D eigenvalue weighted by Crippen LogP contribution is 2.37. The smallest absolute Gasteiger partial charge is 0.224 e. The standard InChI is InChI=1S/C23H25FN4O2/c1-22(2)9-18(29)15-5-4-14(8-19(15)30-13-22)16-10-25-20-17(16)11-26-21(28-20)27-12-23(24)6-3-7-23/h4-5,8,10-11H,3,6-7,9,12-13H2,1-2H3,(H2,25,26,27,28). The van der Waals surface area contributed by atoms with Crippen LogP contribution in [0, 0.1) is 5.41 Å². The fraction of sp³-hybridized carbons (Fsp3) is 0.435. The molecule has 30 heavy (non-hydrogen) atoms. The Morgan fingerprint density at radius 3 is 2.87 bits per heavy atom. The maximum Gasteiger partial charge on any atom is 0.224 e. The number of H-pyrrole nitrogens is 1. The zero-order valence-electron chi connectivity index (χ0n) is 17.2. The first-order valence-electron chi connectivity index (χ1n) is 10.4. The summed E-state index contributed by atoms with van der Waals surface area (Å²) in [6.45, 7) is 4.81. The van der Waals surface area contributed by atoms with Gasteiger partial charge < -0.3 is 15.0 Å². The van der Waals surface area contributed by atoms with Crippen molar-refractivity contribution in [2.24, 2.45) is 5.41 Å². The Hall–Kier alpha value is -2.96. The highest BCUT2D eigenvalue weighted by Gasteiger charge is 2.36. The lowest BCUT2D eigenvalue weighted by Crippen LogP contribution is -2.39. The highest BCUT2D eigenvalue weighted by atomic mass is 19.1. The monoisotopic (exact) mass is 408 g/mol. The minimum Gasteiger partial charge on any atom is -0.492 e. The summed E-state index contributed by atoms with van der Waals surface area (Å²) < 4.78 is 20.2. The second-order valence-electron chi connectivity index (χ2n) is 9.28. The number of nitrogens with zero attached hydrogens (tertiary/aromatic N) is 2.